The van der Waals surface area contributed by atoms with Crippen molar-refractivity contribution in [2.75, 3.05) is 0 Å². The zero-order valence-corrected chi connectivity index (χ0v) is 14.1. The zero-order valence-electron chi connectivity index (χ0n) is 14.1. The van der Waals surface area contributed by atoms with Crippen LogP contribution in [0.1, 0.15) is 22.3 Å². The standard InChI is InChI=1S/C24H16N2/c1-25-23-15-9-19(10-16-23)7-13-21-5-3-4-6-22(21)14-8-20-11-17-24(26-2)18-12-20/h3-18H/b13-7+,14-8?. The Morgan fingerprint density at radius 2 is 0.885 bits per heavy atom. The van der Waals surface area contributed by atoms with Gasteiger partial charge in [-0.2, -0.15) is 0 Å². The van der Waals surface area contributed by atoms with Crippen molar-refractivity contribution in [1.82, 2.24) is 0 Å². The van der Waals surface area contributed by atoms with Crippen molar-refractivity contribution in [1.29, 1.82) is 0 Å². The molecule has 0 saturated carbocycles. The summed E-state index contributed by atoms with van der Waals surface area (Å²) in [7, 11) is 0. The molecule has 0 unspecified atom stereocenters. The Bertz CT molecular complexity index is 939. The molecule has 122 valence electrons. The van der Waals surface area contributed by atoms with Crippen LogP contribution in [0.15, 0.2) is 72.8 Å². The maximum atomic E-state index is 7.00. The second-order valence-corrected chi connectivity index (χ2v) is 5.70. The molecule has 0 fully saturated rings. The lowest BCUT2D eigenvalue weighted by atomic mass is 10.0. The van der Waals surface area contributed by atoms with Crippen molar-refractivity contribution in [2.45, 2.75) is 0 Å². The van der Waals surface area contributed by atoms with Gasteiger partial charge in [0.15, 0.2) is 11.4 Å². The highest BCUT2D eigenvalue weighted by Gasteiger charge is 1.96. The molecule has 3 aromatic rings. The van der Waals surface area contributed by atoms with Crippen molar-refractivity contribution in [3.63, 3.8) is 0 Å². The molecule has 0 spiro atoms. The molecule has 2 heteroatoms. The number of benzene rings is 3. The van der Waals surface area contributed by atoms with E-state index in [2.05, 4.69) is 34.0 Å². The quantitative estimate of drug-likeness (QED) is 0.355. The monoisotopic (exact) mass is 332 g/mol. The van der Waals surface area contributed by atoms with Crippen molar-refractivity contribution >= 4 is 35.7 Å². The first-order valence-electron chi connectivity index (χ1n) is 8.19. The first-order chi connectivity index (χ1) is 12.8. The molecule has 26 heavy (non-hydrogen) atoms. The van der Waals surface area contributed by atoms with E-state index in [9.17, 15) is 0 Å². The fourth-order valence-electron chi connectivity index (χ4n) is 2.51. The predicted octanol–water partition coefficient (Wildman–Crippen LogP) is 7.13. The fraction of sp³-hybridized carbons (Fsp3) is 0. The highest BCUT2D eigenvalue weighted by atomic mass is 14.6. The number of hydrogen-bond acceptors (Lipinski definition) is 0. The van der Waals surface area contributed by atoms with Crippen LogP contribution in [0.25, 0.3) is 34.0 Å². The van der Waals surface area contributed by atoms with Crippen molar-refractivity contribution < 1.29 is 0 Å². The second-order valence-electron chi connectivity index (χ2n) is 5.70. The van der Waals surface area contributed by atoms with Gasteiger partial charge in [-0.3, -0.25) is 0 Å². The maximum Gasteiger partial charge on any atom is 0.187 e. The highest BCUT2D eigenvalue weighted by Crippen LogP contribution is 2.19. The lowest BCUT2D eigenvalue weighted by Gasteiger charge is -2.01. The van der Waals surface area contributed by atoms with Gasteiger partial charge in [-0.15, -0.1) is 0 Å². The third-order valence-electron chi connectivity index (χ3n) is 3.95. The van der Waals surface area contributed by atoms with Crippen LogP contribution in [0.2, 0.25) is 0 Å². The Hall–Kier alpha value is -3.88. The summed E-state index contributed by atoms with van der Waals surface area (Å²) in [4.78, 5) is 6.82. The van der Waals surface area contributed by atoms with Crippen molar-refractivity contribution in [3.05, 3.63) is 118 Å². The Morgan fingerprint density at radius 1 is 0.500 bits per heavy atom. The molecule has 0 saturated heterocycles. The summed E-state index contributed by atoms with van der Waals surface area (Å²) in [5.74, 6) is 0. The van der Waals surface area contributed by atoms with Gasteiger partial charge in [-0.1, -0.05) is 97.1 Å². The number of rotatable bonds is 4. The van der Waals surface area contributed by atoms with Crippen LogP contribution in [-0.4, -0.2) is 0 Å². The van der Waals surface area contributed by atoms with Gasteiger partial charge in [0.05, 0.1) is 13.1 Å². The third kappa shape index (κ3) is 4.35. The topological polar surface area (TPSA) is 8.72 Å². The summed E-state index contributed by atoms with van der Waals surface area (Å²) in [6, 6.07) is 23.3. The summed E-state index contributed by atoms with van der Waals surface area (Å²) in [6.45, 7) is 14.0. The summed E-state index contributed by atoms with van der Waals surface area (Å²) < 4.78 is 0. The fourth-order valence-corrected chi connectivity index (χ4v) is 2.51. The lowest BCUT2D eigenvalue weighted by Crippen LogP contribution is -1.80. The van der Waals surface area contributed by atoms with E-state index in [1.54, 1.807) is 0 Å². The van der Waals surface area contributed by atoms with Gasteiger partial charge in [0.2, 0.25) is 0 Å². The average molecular weight is 332 g/mol. The predicted molar refractivity (Wildman–Crippen MR) is 110 cm³/mol. The van der Waals surface area contributed by atoms with Crippen LogP contribution < -0.4 is 0 Å². The van der Waals surface area contributed by atoms with Gasteiger partial charge >= 0.3 is 0 Å². The van der Waals surface area contributed by atoms with E-state index in [1.807, 2.05) is 72.8 Å². The molecular weight excluding hydrogens is 316 g/mol. The van der Waals surface area contributed by atoms with Gasteiger partial charge in [0, 0.05) is 0 Å². The molecule has 0 aliphatic rings. The van der Waals surface area contributed by atoms with Crippen molar-refractivity contribution in [3.8, 4) is 0 Å². The van der Waals surface area contributed by atoms with E-state index < -0.39 is 0 Å². The van der Waals surface area contributed by atoms with Crippen LogP contribution in [0, 0.1) is 13.1 Å². The Kier molecular flexibility index (Phi) is 5.41. The van der Waals surface area contributed by atoms with Crippen LogP contribution in [-0.2, 0) is 0 Å². The van der Waals surface area contributed by atoms with E-state index >= 15 is 0 Å². The number of nitrogens with zero attached hydrogens (tertiary/aromatic N) is 2. The van der Waals surface area contributed by atoms with Gasteiger partial charge in [0.25, 0.3) is 0 Å². The second kappa shape index (κ2) is 8.29. The molecule has 3 aromatic carbocycles. The van der Waals surface area contributed by atoms with E-state index in [4.69, 9.17) is 13.1 Å². The minimum absolute atomic E-state index is 0.648. The Morgan fingerprint density at radius 3 is 1.23 bits per heavy atom. The summed E-state index contributed by atoms with van der Waals surface area (Å²) >= 11 is 0. The largest absolute Gasteiger partial charge is 0.238 e. The minimum atomic E-state index is 0.648. The molecule has 0 aliphatic carbocycles. The SMILES string of the molecule is [C-]#[N+]c1ccc(C=Cc2ccccc2/C=C/c2ccc([N+]#[C-])cc2)cc1. The maximum absolute atomic E-state index is 7.00. The van der Waals surface area contributed by atoms with E-state index in [-0.39, 0.29) is 0 Å². The molecular formula is C24H16N2. The minimum Gasteiger partial charge on any atom is -0.238 e. The van der Waals surface area contributed by atoms with Gasteiger partial charge in [-0.25, -0.2) is 9.69 Å². The first kappa shape index (κ1) is 17.0. The van der Waals surface area contributed by atoms with Crippen molar-refractivity contribution in [2.24, 2.45) is 0 Å². The lowest BCUT2D eigenvalue weighted by molar-refractivity contribution is 1.61. The molecule has 3 rings (SSSR count). The summed E-state index contributed by atoms with van der Waals surface area (Å²) in [6.07, 6.45) is 8.25. The van der Waals surface area contributed by atoms with E-state index in [1.165, 1.54) is 0 Å². The molecule has 0 radical (unpaired) electrons. The normalized spacial score (nSPS) is 10.7. The highest BCUT2D eigenvalue weighted by molar-refractivity contribution is 5.79. The molecule has 0 atom stereocenters. The van der Waals surface area contributed by atoms with Crippen LogP contribution in [0.3, 0.4) is 0 Å². The molecule has 0 bridgehead atoms. The number of hydrogen-bond donors (Lipinski definition) is 0. The third-order valence-corrected chi connectivity index (χ3v) is 3.95. The zero-order chi connectivity index (χ0) is 18.2. The molecule has 0 N–H and O–H groups in total. The Balaban J connectivity index is 1.81. The van der Waals surface area contributed by atoms with Gasteiger partial charge in [-0.05, 0) is 22.3 Å². The van der Waals surface area contributed by atoms with Crippen LogP contribution in [0.4, 0.5) is 11.4 Å². The first-order valence-corrected chi connectivity index (χ1v) is 8.19. The molecule has 0 amide bonds. The molecule has 0 aromatic heterocycles. The Labute approximate surface area is 154 Å². The molecule has 0 heterocycles. The molecule has 2 nitrogen and oxygen atoms in total. The van der Waals surface area contributed by atoms with E-state index in [0.717, 1.165) is 22.3 Å². The van der Waals surface area contributed by atoms with E-state index in [0.29, 0.717) is 11.4 Å². The molecule has 0 aliphatic heterocycles. The average Bonchev–Trinajstić information content (AvgIpc) is 2.72. The summed E-state index contributed by atoms with van der Waals surface area (Å²) in [5.41, 5.74) is 5.66. The smallest absolute Gasteiger partial charge is 0.187 e. The van der Waals surface area contributed by atoms with Crippen LogP contribution in [0.5, 0.6) is 0 Å². The van der Waals surface area contributed by atoms with Crippen LogP contribution >= 0.6 is 0 Å². The van der Waals surface area contributed by atoms with Gasteiger partial charge < -0.3 is 0 Å². The summed E-state index contributed by atoms with van der Waals surface area (Å²) in [5, 5.41) is 0. The van der Waals surface area contributed by atoms with Gasteiger partial charge in [0.1, 0.15) is 0 Å².